The Morgan fingerprint density at radius 3 is 2.61 bits per heavy atom. The molecule has 0 radical (unpaired) electrons. The molecule has 0 aliphatic carbocycles. The number of hydrogen-bond donors (Lipinski definition) is 2. The van der Waals surface area contributed by atoms with Crippen molar-refractivity contribution in [1.82, 2.24) is 10.0 Å². The quantitative estimate of drug-likeness (QED) is 0.519. The van der Waals surface area contributed by atoms with Gasteiger partial charge >= 0.3 is 0 Å². The number of hydrogen-bond acceptors (Lipinski definition) is 5. The van der Waals surface area contributed by atoms with Crippen molar-refractivity contribution in [3.05, 3.63) is 53.1 Å². The molecule has 3 rings (SSSR count). The average Bonchev–Trinajstić information content (AvgIpc) is 2.75. The molecule has 1 heterocycles. The Morgan fingerprint density at radius 1 is 1.06 bits per heavy atom. The molecule has 31 heavy (non-hydrogen) atoms. The summed E-state index contributed by atoms with van der Waals surface area (Å²) >= 11 is 5.99. The summed E-state index contributed by atoms with van der Waals surface area (Å²) in [7, 11) is -3.62. The van der Waals surface area contributed by atoms with E-state index in [1.807, 2.05) is 25.1 Å². The Bertz CT molecular complexity index is 1010. The number of benzene rings is 2. The molecule has 2 aromatic rings. The van der Waals surface area contributed by atoms with Gasteiger partial charge in [-0.2, -0.15) is 0 Å². The van der Waals surface area contributed by atoms with Gasteiger partial charge in [0, 0.05) is 24.1 Å². The second kappa shape index (κ2) is 10.8. The van der Waals surface area contributed by atoms with Crippen LogP contribution < -0.4 is 19.5 Å². The fraction of sp³-hybridized carbons (Fsp3) is 0.409. The average molecular weight is 467 g/mol. The molecule has 1 atom stereocenters. The first-order valence-electron chi connectivity index (χ1n) is 10.3. The Morgan fingerprint density at radius 2 is 1.84 bits per heavy atom. The van der Waals surface area contributed by atoms with Gasteiger partial charge in [-0.05, 0) is 49.6 Å². The Balaban J connectivity index is 1.35. The fourth-order valence-electron chi connectivity index (χ4n) is 3.24. The molecule has 1 aliphatic heterocycles. The molecular weight excluding hydrogens is 440 g/mol. The first kappa shape index (κ1) is 23.4. The third kappa shape index (κ3) is 6.85. The summed E-state index contributed by atoms with van der Waals surface area (Å²) in [6.45, 7) is 3.07. The van der Waals surface area contributed by atoms with E-state index in [-0.39, 0.29) is 16.8 Å². The lowest BCUT2D eigenvalue weighted by molar-refractivity contribution is -0.121. The molecule has 7 nitrogen and oxygen atoms in total. The van der Waals surface area contributed by atoms with Gasteiger partial charge in [-0.25, -0.2) is 13.1 Å². The van der Waals surface area contributed by atoms with E-state index in [0.717, 1.165) is 12.0 Å². The number of fused-ring (bicyclic) bond motifs is 1. The highest BCUT2D eigenvalue weighted by Gasteiger charge is 2.19. The minimum absolute atomic E-state index is 0.0377. The molecule has 1 unspecified atom stereocenters. The van der Waals surface area contributed by atoms with E-state index in [1.165, 1.54) is 12.1 Å². The Hall–Kier alpha value is -2.29. The van der Waals surface area contributed by atoms with Gasteiger partial charge in [0.15, 0.2) is 11.5 Å². The number of nitrogens with one attached hydrogen (secondary N) is 2. The largest absolute Gasteiger partial charge is 0.486 e. The van der Waals surface area contributed by atoms with E-state index in [2.05, 4.69) is 10.0 Å². The van der Waals surface area contributed by atoms with Crippen LogP contribution in [0.3, 0.4) is 0 Å². The van der Waals surface area contributed by atoms with Gasteiger partial charge < -0.3 is 14.8 Å². The third-order valence-corrected chi connectivity index (χ3v) is 6.62. The Kier molecular flexibility index (Phi) is 8.17. The predicted molar refractivity (Wildman–Crippen MR) is 119 cm³/mol. The van der Waals surface area contributed by atoms with Crippen molar-refractivity contribution in [1.29, 1.82) is 0 Å². The van der Waals surface area contributed by atoms with Crippen LogP contribution in [-0.2, 0) is 14.8 Å². The van der Waals surface area contributed by atoms with Gasteiger partial charge in [-0.15, -0.1) is 0 Å². The number of ether oxygens (including phenoxy) is 2. The SMILES string of the molecule is CC(NC(=O)CCCCCNS(=O)(=O)c1ccc2c(c1)OCCO2)c1cccc(Cl)c1. The van der Waals surface area contributed by atoms with Gasteiger partial charge in [-0.1, -0.05) is 30.2 Å². The lowest BCUT2D eigenvalue weighted by Gasteiger charge is -2.18. The highest BCUT2D eigenvalue weighted by atomic mass is 35.5. The van der Waals surface area contributed by atoms with Crippen LogP contribution >= 0.6 is 11.6 Å². The second-order valence-electron chi connectivity index (χ2n) is 7.36. The molecule has 1 aliphatic rings. The van der Waals surface area contributed by atoms with Crippen LogP contribution in [0.5, 0.6) is 11.5 Å². The predicted octanol–water partition coefficient (Wildman–Crippen LogP) is 3.83. The lowest BCUT2D eigenvalue weighted by atomic mass is 10.1. The number of amides is 1. The topological polar surface area (TPSA) is 93.7 Å². The number of halogens is 1. The number of carbonyl (C=O) groups is 1. The summed E-state index contributed by atoms with van der Waals surface area (Å²) in [6, 6.07) is 11.9. The smallest absolute Gasteiger partial charge is 0.240 e. The fourth-order valence-corrected chi connectivity index (χ4v) is 4.53. The third-order valence-electron chi connectivity index (χ3n) is 4.92. The Labute approximate surface area is 188 Å². The normalized spacial score (nSPS) is 14.1. The summed E-state index contributed by atoms with van der Waals surface area (Å²) in [6.07, 6.45) is 2.45. The maximum absolute atomic E-state index is 12.5. The number of sulfonamides is 1. The van der Waals surface area contributed by atoms with E-state index in [1.54, 1.807) is 12.1 Å². The highest BCUT2D eigenvalue weighted by Crippen LogP contribution is 2.32. The van der Waals surface area contributed by atoms with Crippen LogP contribution in [0.2, 0.25) is 5.02 Å². The minimum Gasteiger partial charge on any atom is -0.486 e. The molecule has 2 N–H and O–H groups in total. The maximum Gasteiger partial charge on any atom is 0.240 e. The van der Waals surface area contributed by atoms with E-state index in [4.69, 9.17) is 21.1 Å². The van der Waals surface area contributed by atoms with Crippen LogP contribution in [0.4, 0.5) is 0 Å². The van der Waals surface area contributed by atoms with Gasteiger partial charge in [0.2, 0.25) is 15.9 Å². The first-order valence-corrected chi connectivity index (χ1v) is 12.2. The zero-order valence-corrected chi connectivity index (χ0v) is 19.0. The maximum atomic E-state index is 12.5. The van der Waals surface area contributed by atoms with Crippen molar-refractivity contribution in [2.75, 3.05) is 19.8 Å². The minimum atomic E-state index is -3.62. The van der Waals surface area contributed by atoms with Crippen LogP contribution in [0.25, 0.3) is 0 Å². The summed E-state index contributed by atoms with van der Waals surface area (Å²) in [5.41, 5.74) is 0.953. The van der Waals surface area contributed by atoms with Crippen molar-refractivity contribution < 1.29 is 22.7 Å². The second-order valence-corrected chi connectivity index (χ2v) is 9.56. The van der Waals surface area contributed by atoms with E-state index in [9.17, 15) is 13.2 Å². The summed E-state index contributed by atoms with van der Waals surface area (Å²) in [5.74, 6) is 0.949. The lowest BCUT2D eigenvalue weighted by Crippen LogP contribution is -2.26. The molecular formula is C22H27ClN2O5S. The summed E-state index contributed by atoms with van der Waals surface area (Å²) in [4.78, 5) is 12.3. The van der Waals surface area contributed by atoms with Crippen LogP contribution in [0.15, 0.2) is 47.4 Å². The van der Waals surface area contributed by atoms with E-state index >= 15 is 0 Å². The van der Waals surface area contributed by atoms with Crippen LogP contribution in [-0.4, -0.2) is 34.1 Å². The van der Waals surface area contributed by atoms with Gasteiger partial charge in [0.1, 0.15) is 13.2 Å². The molecule has 0 aromatic heterocycles. The molecule has 0 saturated carbocycles. The zero-order chi connectivity index (χ0) is 22.3. The molecule has 168 valence electrons. The van der Waals surface area contributed by atoms with Crippen LogP contribution in [0, 0.1) is 0 Å². The molecule has 0 fully saturated rings. The van der Waals surface area contributed by atoms with E-state index in [0.29, 0.717) is 55.5 Å². The van der Waals surface area contributed by atoms with Crippen molar-refractivity contribution in [3.8, 4) is 11.5 Å². The summed E-state index contributed by atoms with van der Waals surface area (Å²) in [5, 5.41) is 3.59. The number of carbonyl (C=O) groups excluding carboxylic acids is 1. The molecule has 0 bridgehead atoms. The van der Waals surface area contributed by atoms with Gasteiger partial charge in [0.05, 0.1) is 10.9 Å². The number of unbranched alkanes of at least 4 members (excludes halogenated alkanes) is 2. The molecule has 9 heteroatoms. The molecule has 1 amide bonds. The van der Waals surface area contributed by atoms with Crippen molar-refractivity contribution in [2.24, 2.45) is 0 Å². The van der Waals surface area contributed by atoms with Crippen molar-refractivity contribution in [2.45, 2.75) is 43.5 Å². The van der Waals surface area contributed by atoms with Gasteiger partial charge in [-0.3, -0.25) is 4.79 Å². The molecule has 2 aromatic carbocycles. The summed E-state index contributed by atoms with van der Waals surface area (Å²) < 4.78 is 38.4. The standard InChI is InChI=1S/C22H27ClN2O5S/c1-16(17-6-5-7-18(23)14-17)25-22(26)8-3-2-4-11-24-31(27,28)19-9-10-20-21(15-19)30-13-12-29-20/h5-7,9-10,14-16,24H,2-4,8,11-13H2,1H3,(H,25,26). The first-order chi connectivity index (χ1) is 14.8. The van der Waals surface area contributed by atoms with E-state index < -0.39 is 10.0 Å². The number of rotatable bonds is 10. The monoisotopic (exact) mass is 466 g/mol. The van der Waals surface area contributed by atoms with Crippen molar-refractivity contribution in [3.63, 3.8) is 0 Å². The van der Waals surface area contributed by atoms with Gasteiger partial charge in [0.25, 0.3) is 0 Å². The highest BCUT2D eigenvalue weighted by molar-refractivity contribution is 7.89. The molecule has 0 saturated heterocycles. The van der Waals surface area contributed by atoms with Crippen molar-refractivity contribution >= 4 is 27.5 Å². The van der Waals surface area contributed by atoms with Crippen LogP contribution in [0.1, 0.15) is 44.2 Å². The molecule has 0 spiro atoms. The zero-order valence-electron chi connectivity index (χ0n) is 17.4.